The van der Waals surface area contributed by atoms with E-state index >= 15 is 0 Å². The Morgan fingerprint density at radius 1 is 0.971 bits per heavy atom. The molecule has 0 aliphatic heterocycles. The second-order valence-corrected chi connectivity index (χ2v) is 8.09. The Hall–Kier alpha value is -3.98. The van der Waals surface area contributed by atoms with Crippen molar-refractivity contribution >= 4 is 28.4 Å². The number of halogens is 1. The average Bonchev–Trinajstić information content (AvgIpc) is 3.25. The topological polar surface area (TPSA) is 96.4 Å². The number of hydrogen-bond acceptors (Lipinski definition) is 7. The van der Waals surface area contributed by atoms with E-state index in [-0.39, 0.29) is 17.6 Å². The van der Waals surface area contributed by atoms with Gasteiger partial charge in [-0.1, -0.05) is 36.7 Å². The lowest BCUT2D eigenvalue weighted by Crippen LogP contribution is -2.23. The number of ether oxygens (including phenoxy) is 2. The first kappa shape index (κ1) is 21.8. The fraction of sp³-hybridized carbons (Fsp3) is 0.208. The number of fused-ring (bicyclic) bond motifs is 3. The van der Waals surface area contributed by atoms with Gasteiger partial charge in [0.25, 0.3) is 5.56 Å². The fourth-order valence-electron chi connectivity index (χ4n) is 3.95. The highest BCUT2D eigenvalue weighted by atomic mass is 35.5. The van der Waals surface area contributed by atoms with Crippen LogP contribution in [-0.2, 0) is 13.0 Å². The van der Waals surface area contributed by atoms with Crippen LogP contribution in [0.3, 0.4) is 0 Å². The minimum Gasteiger partial charge on any atom is -0.493 e. The third kappa shape index (κ3) is 3.63. The molecule has 10 heteroatoms. The van der Waals surface area contributed by atoms with E-state index in [1.54, 1.807) is 24.8 Å². The van der Waals surface area contributed by atoms with Gasteiger partial charge in [-0.3, -0.25) is 9.36 Å². The normalized spacial score (nSPS) is 11.3. The predicted molar refractivity (Wildman–Crippen MR) is 129 cm³/mol. The van der Waals surface area contributed by atoms with Gasteiger partial charge in [0, 0.05) is 5.02 Å². The Bertz CT molecular complexity index is 1580. The lowest BCUT2D eigenvalue weighted by molar-refractivity contribution is 0.354. The molecule has 9 nitrogen and oxygen atoms in total. The maximum absolute atomic E-state index is 13.2. The zero-order valence-electron chi connectivity index (χ0n) is 18.8. The molecule has 5 aromatic rings. The van der Waals surface area contributed by atoms with Crippen LogP contribution in [0.15, 0.2) is 53.6 Å². The summed E-state index contributed by atoms with van der Waals surface area (Å²) in [7, 11) is 3.14. The molecule has 34 heavy (non-hydrogen) atoms. The summed E-state index contributed by atoms with van der Waals surface area (Å²) in [5, 5.41) is 13.9. The Morgan fingerprint density at radius 3 is 2.44 bits per heavy atom. The molecule has 0 spiro atoms. The van der Waals surface area contributed by atoms with Crippen LogP contribution in [0.4, 0.5) is 0 Å². The minimum atomic E-state index is -0.309. The van der Waals surface area contributed by atoms with Crippen molar-refractivity contribution in [1.29, 1.82) is 0 Å². The lowest BCUT2D eigenvalue weighted by Gasteiger charge is -2.11. The molecule has 0 fully saturated rings. The van der Waals surface area contributed by atoms with Gasteiger partial charge in [-0.15, -0.1) is 10.2 Å². The molecule has 3 aromatic heterocycles. The Labute approximate surface area is 199 Å². The Balaban J connectivity index is 1.62. The number of methoxy groups -OCH3 is 2. The molecule has 0 saturated heterocycles. The van der Waals surface area contributed by atoms with Crippen LogP contribution in [0.25, 0.3) is 27.9 Å². The highest BCUT2D eigenvalue weighted by Gasteiger charge is 2.19. The number of nitrogens with zero attached hydrogens (tertiary/aromatic N) is 6. The van der Waals surface area contributed by atoms with Gasteiger partial charge in [0.1, 0.15) is 6.33 Å². The van der Waals surface area contributed by atoms with Gasteiger partial charge in [0.15, 0.2) is 28.3 Å². The first-order chi connectivity index (χ1) is 16.5. The number of benzene rings is 2. The van der Waals surface area contributed by atoms with Crippen molar-refractivity contribution in [3.05, 3.63) is 75.4 Å². The zero-order valence-corrected chi connectivity index (χ0v) is 19.6. The SMILES string of the molecule is CCc1nn2c(nnc3c(=O)n(Cc4ccc(OC)c(OC)c4)cnc32)c1-c1ccc(Cl)cc1. The third-order valence-corrected chi connectivity index (χ3v) is 5.89. The standard InChI is InChI=1S/C24H21ClN6O3/c1-4-17-20(15-6-8-16(25)9-7-15)22-28-27-21-23(31(22)29-17)26-13-30(24(21)32)12-14-5-10-18(33-2)19(11-14)34-3/h5-11,13H,4,12H2,1-3H3. The summed E-state index contributed by atoms with van der Waals surface area (Å²) in [6.07, 6.45) is 2.18. The van der Waals surface area contributed by atoms with Gasteiger partial charge < -0.3 is 9.47 Å². The molecule has 5 rings (SSSR count). The van der Waals surface area contributed by atoms with Crippen LogP contribution in [-0.4, -0.2) is 43.6 Å². The smallest absolute Gasteiger partial charge is 0.283 e. The van der Waals surface area contributed by atoms with Crippen molar-refractivity contribution < 1.29 is 9.47 Å². The summed E-state index contributed by atoms with van der Waals surface area (Å²) in [6, 6.07) is 13.0. The molecule has 0 saturated carbocycles. The summed E-state index contributed by atoms with van der Waals surface area (Å²) in [5.41, 5.74) is 4.19. The van der Waals surface area contributed by atoms with Crippen LogP contribution in [0.2, 0.25) is 5.02 Å². The minimum absolute atomic E-state index is 0.142. The van der Waals surface area contributed by atoms with Crippen LogP contribution in [0.5, 0.6) is 11.5 Å². The number of hydrogen-bond donors (Lipinski definition) is 0. The summed E-state index contributed by atoms with van der Waals surface area (Å²) in [6.45, 7) is 2.30. The van der Waals surface area contributed by atoms with E-state index < -0.39 is 0 Å². The van der Waals surface area contributed by atoms with Crippen molar-refractivity contribution in [1.82, 2.24) is 29.4 Å². The fourth-order valence-corrected chi connectivity index (χ4v) is 4.08. The monoisotopic (exact) mass is 476 g/mol. The predicted octanol–water partition coefficient (Wildman–Crippen LogP) is 3.78. The van der Waals surface area contributed by atoms with Crippen LogP contribution in [0.1, 0.15) is 18.2 Å². The Kier molecular flexibility index (Phi) is 5.62. The van der Waals surface area contributed by atoms with Gasteiger partial charge in [-0.2, -0.15) is 9.61 Å². The lowest BCUT2D eigenvalue weighted by atomic mass is 10.0. The zero-order chi connectivity index (χ0) is 23.8. The molecule has 3 heterocycles. The van der Waals surface area contributed by atoms with Gasteiger partial charge in [0.05, 0.1) is 32.0 Å². The van der Waals surface area contributed by atoms with E-state index in [1.807, 2.05) is 43.3 Å². The second kappa shape index (κ2) is 8.75. The van der Waals surface area contributed by atoms with E-state index in [9.17, 15) is 4.79 Å². The van der Waals surface area contributed by atoms with E-state index in [2.05, 4.69) is 15.2 Å². The number of aryl methyl sites for hydroxylation is 1. The molecule has 0 atom stereocenters. The highest BCUT2D eigenvalue weighted by Crippen LogP contribution is 2.30. The molecule has 0 amide bonds. The molecule has 2 aromatic carbocycles. The van der Waals surface area contributed by atoms with Crippen LogP contribution in [0, 0.1) is 0 Å². The summed E-state index contributed by atoms with van der Waals surface area (Å²) in [4.78, 5) is 17.8. The molecule has 0 unspecified atom stereocenters. The maximum atomic E-state index is 13.2. The molecular weight excluding hydrogens is 456 g/mol. The first-order valence-corrected chi connectivity index (χ1v) is 11.0. The van der Waals surface area contributed by atoms with Crippen molar-refractivity contribution in [3.8, 4) is 22.6 Å². The van der Waals surface area contributed by atoms with E-state index in [0.717, 1.165) is 22.4 Å². The first-order valence-electron chi connectivity index (χ1n) is 10.6. The van der Waals surface area contributed by atoms with Crippen molar-refractivity contribution in [2.45, 2.75) is 19.9 Å². The summed E-state index contributed by atoms with van der Waals surface area (Å²) >= 11 is 6.06. The van der Waals surface area contributed by atoms with E-state index in [4.69, 9.17) is 26.2 Å². The average molecular weight is 477 g/mol. The maximum Gasteiger partial charge on any atom is 0.283 e. The molecule has 0 N–H and O–H groups in total. The molecule has 172 valence electrons. The molecule has 0 aliphatic carbocycles. The third-order valence-electron chi connectivity index (χ3n) is 5.64. The largest absolute Gasteiger partial charge is 0.493 e. The quantitative estimate of drug-likeness (QED) is 0.368. The van der Waals surface area contributed by atoms with Crippen molar-refractivity contribution in [3.63, 3.8) is 0 Å². The molecular formula is C24H21ClN6O3. The van der Waals surface area contributed by atoms with Gasteiger partial charge >= 0.3 is 0 Å². The van der Waals surface area contributed by atoms with E-state index in [1.165, 1.54) is 10.9 Å². The second-order valence-electron chi connectivity index (χ2n) is 7.66. The number of rotatable bonds is 6. The molecule has 0 radical (unpaired) electrons. The van der Waals surface area contributed by atoms with E-state index in [0.29, 0.717) is 34.2 Å². The van der Waals surface area contributed by atoms with Crippen molar-refractivity contribution in [2.75, 3.05) is 14.2 Å². The highest BCUT2D eigenvalue weighted by molar-refractivity contribution is 6.30. The van der Waals surface area contributed by atoms with Gasteiger partial charge in [-0.05, 0) is 41.8 Å². The number of aromatic nitrogens is 6. The van der Waals surface area contributed by atoms with Crippen LogP contribution >= 0.6 is 11.6 Å². The van der Waals surface area contributed by atoms with Crippen molar-refractivity contribution in [2.24, 2.45) is 0 Å². The summed E-state index contributed by atoms with van der Waals surface area (Å²) < 4.78 is 13.7. The molecule has 0 bridgehead atoms. The Morgan fingerprint density at radius 2 is 1.74 bits per heavy atom. The van der Waals surface area contributed by atoms with Gasteiger partial charge in [0.2, 0.25) is 0 Å². The summed E-state index contributed by atoms with van der Waals surface area (Å²) in [5.74, 6) is 1.20. The van der Waals surface area contributed by atoms with Crippen LogP contribution < -0.4 is 15.0 Å². The molecule has 0 aliphatic rings. The van der Waals surface area contributed by atoms with Gasteiger partial charge in [-0.25, -0.2) is 4.98 Å².